The zero-order valence-electron chi connectivity index (χ0n) is 12.6. The van der Waals surface area contributed by atoms with Gasteiger partial charge < -0.3 is 14.7 Å². The fraction of sp³-hybridized carbons (Fsp3) is 0.667. The first-order valence-corrected chi connectivity index (χ1v) is 7.54. The second-order valence-corrected chi connectivity index (χ2v) is 6.15. The van der Waals surface area contributed by atoms with Crippen LogP contribution in [0.3, 0.4) is 0 Å². The van der Waals surface area contributed by atoms with Crippen LogP contribution in [0.4, 0.5) is 0 Å². The van der Waals surface area contributed by atoms with E-state index < -0.39 is 5.54 Å². The Labute approximate surface area is 123 Å². The third kappa shape index (κ3) is 2.43. The highest BCUT2D eigenvalue weighted by Crippen LogP contribution is 2.32. The molecule has 1 aromatic rings. The maximum absolute atomic E-state index is 12.9. The van der Waals surface area contributed by atoms with Gasteiger partial charge in [-0.15, -0.1) is 0 Å². The molecule has 1 aliphatic heterocycles. The molecule has 2 heterocycles. The van der Waals surface area contributed by atoms with Gasteiger partial charge in [0.25, 0.3) is 0 Å². The van der Waals surface area contributed by atoms with Gasteiger partial charge in [0.2, 0.25) is 11.8 Å². The van der Waals surface area contributed by atoms with Crippen molar-refractivity contribution in [1.82, 2.24) is 15.4 Å². The maximum Gasteiger partial charge on any atom is 0.249 e. The standard InChI is InChI=1S/C15H21N3O3/c1-10-12(11(2)21-17-10)8-18-9-13(19)16-15(14(18)20)6-4-3-5-7-15/h3-9H2,1-2H3,(H,16,19). The van der Waals surface area contributed by atoms with Crippen molar-refractivity contribution in [3.8, 4) is 0 Å². The summed E-state index contributed by atoms with van der Waals surface area (Å²) in [5, 5.41) is 6.87. The highest BCUT2D eigenvalue weighted by atomic mass is 16.5. The van der Waals surface area contributed by atoms with E-state index in [-0.39, 0.29) is 18.4 Å². The number of hydrogen-bond donors (Lipinski definition) is 1. The van der Waals surface area contributed by atoms with Crippen LogP contribution >= 0.6 is 0 Å². The molecule has 21 heavy (non-hydrogen) atoms. The van der Waals surface area contributed by atoms with Crippen molar-refractivity contribution < 1.29 is 14.1 Å². The summed E-state index contributed by atoms with van der Waals surface area (Å²) in [5.41, 5.74) is 1.01. The van der Waals surface area contributed by atoms with Gasteiger partial charge in [-0.2, -0.15) is 0 Å². The van der Waals surface area contributed by atoms with Crippen molar-refractivity contribution >= 4 is 11.8 Å². The lowest BCUT2D eigenvalue weighted by Gasteiger charge is -2.44. The van der Waals surface area contributed by atoms with Gasteiger partial charge in [0.15, 0.2) is 0 Å². The van der Waals surface area contributed by atoms with Gasteiger partial charge in [0.05, 0.1) is 18.8 Å². The maximum atomic E-state index is 12.9. The number of nitrogens with zero attached hydrogens (tertiary/aromatic N) is 2. The van der Waals surface area contributed by atoms with Crippen molar-refractivity contribution in [3.05, 3.63) is 17.0 Å². The van der Waals surface area contributed by atoms with E-state index in [1.807, 2.05) is 13.8 Å². The zero-order chi connectivity index (χ0) is 15.0. The van der Waals surface area contributed by atoms with Gasteiger partial charge in [-0.1, -0.05) is 24.4 Å². The lowest BCUT2D eigenvalue weighted by atomic mass is 9.79. The molecule has 1 spiro atoms. The molecule has 1 aromatic heterocycles. The van der Waals surface area contributed by atoms with Crippen LogP contribution in [0.15, 0.2) is 4.52 Å². The van der Waals surface area contributed by atoms with E-state index in [1.165, 1.54) is 0 Å². The topological polar surface area (TPSA) is 75.4 Å². The molecule has 114 valence electrons. The number of carbonyl (C=O) groups is 2. The second kappa shape index (κ2) is 5.16. The minimum absolute atomic E-state index is 0.0433. The molecule has 0 bridgehead atoms. The Morgan fingerprint density at radius 1 is 1.24 bits per heavy atom. The highest BCUT2D eigenvalue weighted by molar-refractivity contribution is 5.98. The number of carbonyl (C=O) groups excluding carboxylic acids is 2. The van der Waals surface area contributed by atoms with Gasteiger partial charge in [0.1, 0.15) is 11.3 Å². The van der Waals surface area contributed by atoms with Gasteiger partial charge in [0, 0.05) is 5.56 Å². The molecule has 1 saturated heterocycles. The predicted octanol–water partition coefficient (Wildman–Crippen LogP) is 1.45. The molecule has 2 fully saturated rings. The number of aromatic nitrogens is 1. The van der Waals surface area contributed by atoms with Crippen LogP contribution in [0.2, 0.25) is 0 Å². The Balaban J connectivity index is 1.84. The average Bonchev–Trinajstić information content (AvgIpc) is 2.77. The third-order valence-electron chi connectivity index (χ3n) is 4.65. The minimum Gasteiger partial charge on any atom is -0.361 e. The highest BCUT2D eigenvalue weighted by Gasteiger charge is 2.47. The van der Waals surface area contributed by atoms with Crippen LogP contribution in [0, 0.1) is 13.8 Å². The van der Waals surface area contributed by atoms with Crippen LogP contribution in [0.1, 0.15) is 49.1 Å². The zero-order valence-corrected chi connectivity index (χ0v) is 12.6. The summed E-state index contributed by atoms with van der Waals surface area (Å²) in [7, 11) is 0. The Bertz CT molecular complexity index is 553. The first kappa shape index (κ1) is 14.1. The predicted molar refractivity (Wildman–Crippen MR) is 75.4 cm³/mol. The van der Waals surface area contributed by atoms with E-state index in [2.05, 4.69) is 10.5 Å². The van der Waals surface area contributed by atoms with Crippen molar-refractivity contribution in [1.29, 1.82) is 0 Å². The Morgan fingerprint density at radius 3 is 2.57 bits per heavy atom. The van der Waals surface area contributed by atoms with Crippen molar-refractivity contribution in [3.63, 3.8) is 0 Å². The summed E-state index contributed by atoms with van der Waals surface area (Å²) >= 11 is 0. The summed E-state index contributed by atoms with van der Waals surface area (Å²) in [5.74, 6) is 0.689. The molecule has 1 aliphatic carbocycles. The monoisotopic (exact) mass is 291 g/mol. The number of nitrogens with one attached hydrogen (secondary N) is 1. The van der Waals surface area contributed by atoms with Gasteiger partial charge >= 0.3 is 0 Å². The number of piperazine rings is 1. The van der Waals surface area contributed by atoms with Crippen molar-refractivity contribution in [2.45, 2.75) is 58.0 Å². The Hall–Kier alpha value is -1.85. The lowest BCUT2D eigenvalue weighted by Crippen LogP contribution is -2.66. The van der Waals surface area contributed by atoms with Gasteiger partial charge in [-0.25, -0.2) is 0 Å². The molecule has 0 aromatic carbocycles. The quantitative estimate of drug-likeness (QED) is 0.895. The number of aryl methyl sites for hydroxylation is 2. The first-order chi connectivity index (χ1) is 10.0. The van der Waals surface area contributed by atoms with E-state index in [1.54, 1.807) is 4.90 Å². The van der Waals surface area contributed by atoms with Crippen LogP contribution < -0.4 is 5.32 Å². The third-order valence-corrected chi connectivity index (χ3v) is 4.65. The van der Waals surface area contributed by atoms with E-state index in [0.717, 1.165) is 43.4 Å². The van der Waals surface area contributed by atoms with E-state index in [9.17, 15) is 9.59 Å². The first-order valence-electron chi connectivity index (χ1n) is 7.54. The summed E-state index contributed by atoms with van der Waals surface area (Å²) in [6, 6.07) is 0. The van der Waals surface area contributed by atoms with Crippen LogP contribution in [-0.2, 0) is 16.1 Å². The second-order valence-electron chi connectivity index (χ2n) is 6.15. The average molecular weight is 291 g/mol. The summed E-state index contributed by atoms with van der Waals surface area (Å²) in [4.78, 5) is 26.6. The van der Waals surface area contributed by atoms with Crippen LogP contribution in [0.5, 0.6) is 0 Å². The Kier molecular flexibility index (Phi) is 3.47. The fourth-order valence-electron chi connectivity index (χ4n) is 3.45. The molecule has 2 amide bonds. The molecule has 2 aliphatic rings. The Morgan fingerprint density at radius 2 is 1.95 bits per heavy atom. The minimum atomic E-state index is -0.674. The largest absolute Gasteiger partial charge is 0.361 e. The molecule has 0 atom stereocenters. The molecule has 0 unspecified atom stereocenters. The van der Waals surface area contributed by atoms with E-state index >= 15 is 0 Å². The van der Waals surface area contributed by atoms with Crippen LogP contribution in [-0.4, -0.2) is 34.0 Å². The molecule has 1 saturated carbocycles. The normalized spacial score (nSPS) is 21.7. The molecule has 0 radical (unpaired) electrons. The van der Waals surface area contributed by atoms with E-state index in [4.69, 9.17) is 4.52 Å². The molecular formula is C15H21N3O3. The summed E-state index contributed by atoms with van der Waals surface area (Å²) in [6.07, 6.45) is 4.61. The number of hydrogen-bond acceptors (Lipinski definition) is 4. The lowest BCUT2D eigenvalue weighted by molar-refractivity contribution is -0.152. The number of rotatable bonds is 2. The molecule has 1 N–H and O–H groups in total. The number of amides is 2. The molecular weight excluding hydrogens is 270 g/mol. The SMILES string of the molecule is Cc1noc(C)c1CN1CC(=O)NC2(CCCCC2)C1=O. The van der Waals surface area contributed by atoms with E-state index in [0.29, 0.717) is 12.3 Å². The smallest absolute Gasteiger partial charge is 0.249 e. The molecule has 6 heteroatoms. The van der Waals surface area contributed by atoms with Crippen molar-refractivity contribution in [2.75, 3.05) is 6.54 Å². The van der Waals surface area contributed by atoms with Gasteiger partial charge in [-0.05, 0) is 26.7 Å². The van der Waals surface area contributed by atoms with Crippen LogP contribution in [0.25, 0.3) is 0 Å². The van der Waals surface area contributed by atoms with Gasteiger partial charge in [-0.3, -0.25) is 9.59 Å². The molecule has 6 nitrogen and oxygen atoms in total. The van der Waals surface area contributed by atoms with Crippen molar-refractivity contribution in [2.24, 2.45) is 0 Å². The molecule has 3 rings (SSSR count). The summed E-state index contributed by atoms with van der Waals surface area (Å²) in [6.45, 7) is 4.21. The fourth-order valence-corrected chi connectivity index (χ4v) is 3.45. The summed E-state index contributed by atoms with van der Waals surface area (Å²) < 4.78 is 5.15.